The largest absolute Gasteiger partial charge is 0.384 e. The van der Waals surface area contributed by atoms with E-state index in [0.717, 1.165) is 57.3 Å². The molecule has 32 nitrogen and oxygen atoms in total. The molecule has 12 aromatic rings. The second-order valence-corrected chi connectivity index (χ2v) is 41.1. The van der Waals surface area contributed by atoms with Gasteiger partial charge in [-0.05, 0) is 244 Å². The third kappa shape index (κ3) is 22.6. The number of nitrogens with zero attached hydrogens (tertiary/aromatic N) is 20. The summed E-state index contributed by atoms with van der Waals surface area (Å²) < 4.78 is 60.0. The molecule has 1 aliphatic carbocycles. The van der Waals surface area contributed by atoms with Gasteiger partial charge in [0, 0.05) is 118 Å². The first-order valence-corrected chi connectivity index (χ1v) is 47.7. The monoisotopic (exact) mass is 1920 g/mol. The number of fused-ring (bicyclic) bond motifs is 4. The van der Waals surface area contributed by atoms with Crippen LogP contribution >= 0.6 is 0 Å². The van der Waals surface area contributed by atoms with Crippen LogP contribution in [-0.2, 0) is 32.0 Å². The predicted octanol–water partition coefficient (Wildman–Crippen LogP) is 13.1. The van der Waals surface area contributed by atoms with Crippen molar-refractivity contribution in [2.75, 3.05) is 78.5 Å². The Morgan fingerprint density at radius 3 is 1.04 bits per heavy atom. The average Bonchev–Trinajstić information content (AvgIpc) is 1.50. The van der Waals surface area contributed by atoms with Crippen LogP contribution in [-0.4, -0.2) is 290 Å². The Morgan fingerprint density at radius 1 is 0.414 bits per heavy atom. The summed E-state index contributed by atoms with van der Waals surface area (Å²) in [4.78, 5) is 136. The standard InChI is InChI=1S/C27H32FN5O3.2C26H32FN5O3.C25H30FN5O3/c1-4-18-14-21(19-7-9-20(28)10-8-19)30-33-15-22(29-24(18)33)25(35)32-12-11-31(16-27(32,2)3)26(36)23(34)13-17-5-6-17;1-16(2)19-13-20(17-7-9-18(27)10-8-17)29-32-14-21(28-22(19)32)23(33)31-12-11-30(15-25(31,3)4)24(34)26(5,6)35;1-6-17-13-20(18-7-9-19(27)10-8-18)29-32-15-21(28-23(17)32)24(34)30-11-12-31(16(2)14-30)25(35)22(33)26(3,4)5;1-15(2)19-12-20(17-6-8-18(26)9-7-17)28-31-13-21(27-22(19)31)24(34)30-11-10-29(14-25(30,4)5)23(33)16(3)32/h7-10,14-15,17,23,34H,4-6,11-13,16H2,1-3H3;7-10,13-14,16,35H,11-12,15H2,1-6H3;7-10,13,15-16,22,33H,6,11-12,14H2,1-5H3;6-9,12-13,15-16,32H,10-11,14H2,1-5H3/t23-;;16-,22-;/m1.0./s1. The van der Waals surface area contributed by atoms with Gasteiger partial charge >= 0.3 is 0 Å². The van der Waals surface area contributed by atoms with E-state index in [2.05, 4.69) is 40.3 Å². The van der Waals surface area contributed by atoms with Gasteiger partial charge in [-0.25, -0.2) is 55.6 Å². The number of aliphatic hydroxyl groups excluding tert-OH is 3. The lowest BCUT2D eigenvalue weighted by atomic mass is 9.88. The van der Waals surface area contributed by atoms with E-state index in [1.807, 2.05) is 135 Å². The number of halogens is 4. The van der Waals surface area contributed by atoms with Crippen LogP contribution in [0.2, 0.25) is 0 Å². The molecule has 0 radical (unpaired) electrons. The van der Waals surface area contributed by atoms with Crippen molar-refractivity contribution in [2.45, 2.75) is 222 Å². The first-order valence-electron chi connectivity index (χ1n) is 47.7. The number of carbonyl (C=O) groups is 8. The highest BCUT2D eigenvalue weighted by atomic mass is 19.1. The van der Waals surface area contributed by atoms with Gasteiger partial charge in [0.2, 0.25) is 0 Å². The molecule has 4 saturated heterocycles. The van der Waals surface area contributed by atoms with Gasteiger partial charge in [0.15, 0.2) is 22.6 Å². The number of rotatable bonds is 18. The Bertz CT molecular complexity index is 6630. The molecule has 5 aliphatic rings. The van der Waals surface area contributed by atoms with Crippen LogP contribution in [0.1, 0.15) is 227 Å². The van der Waals surface area contributed by atoms with E-state index >= 15 is 0 Å². The molecule has 140 heavy (non-hydrogen) atoms. The number of imidazole rings is 4. The van der Waals surface area contributed by atoms with Crippen molar-refractivity contribution in [3.8, 4) is 45.0 Å². The van der Waals surface area contributed by atoms with Gasteiger partial charge in [-0.2, -0.15) is 20.4 Å². The Kier molecular flexibility index (Phi) is 29.9. The van der Waals surface area contributed by atoms with Gasteiger partial charge in [-0.15, -0.1) is 0 Å². The van der Waals surface area contributed by atoms with E-state index in [4.69, 9.17) is 0 Å². The highest BCUT2D eigenvalue weighted by molar-refractivity contribution is 5.97. The molecule has 8 aromatic heterocycles. The van der Waals surface area contributed by atoms with E-state index in [-0.39, 0.29) is 111 Å². The van der Waals surface area contributed by atoms with E-state index in [9.17, 15) is 76.3 Å². The van der Waals surface area contributed by atoms with E-state index in [1.54, 1.807) is 131 Å². The highest BCUT2D eigenvalue weighted by Crippen LogP contribution is 2.37. The second-order valence-electron chi connectivity index (χ2n) is 41.1. The molecular formula is C104H126F4N20O12. The molecule has 4 aromatic carbocycles. The predicted molar refractivity (Wildman–Crippen MR) is 519 cm³/mol. The summed E-state index contributed by atoms with van der Waals surface area (Å²) in [5, 5.41) is 59.1. The zero-order valence-electron chi connectivity index (χ0n) is 82.9. The fourth-order valence-corrected chi connectivity index (χ4v) is 18.3. The lowest BCUT2D eigenvalue weighted by molar-refractivity contribution is -0.152. The topological polar surface area (TPSA) is 364 Å². The normalized spacial score (nSPS) is 17.3. The van der Waals surface area contributed by atoms with Crippen molar-refractivity contribution >= 4 is 69.8 Å². The summed E-state index contributed by atoms with van der Waals surface area (Å²) in [7, 11) is 0. The zero-order valence-corrected chi connectivity index (χ0v) is 82.9. The van der Waals surface area contributed by atoms with Crippen LogP contribution in [0.25, 0.3) is 67.6 Å². The fourth-order valence-electron chi connectivity index (χ4n) is 18.3. The number of benzene rings is 4. The fraction of sp³-hybridized carbons (Fsp3) is 0.462. The van der Waals surface area contributed by atoms with Crippen molar-refractivity contribution in [1.82, 2.24) is 97.6 Å². The van der Waals surface area contributed by atoms with Crippen LogP contribution in [0.15, 0.2) is 146 Å². The maximum absolute atomic E-state index is 13.6. The van der Waals surface area contributed by atoms with Crippen molar-refractivity contribution in [3.63, 3.8) is 0 Å². The Hall–Kier alpha value is -13.3. The lowest BCUT2D eigenvalue weighted by Gasteiger charge is -2.47. The maximum Gasteiger partial charge on any atom is 0.274 e. The summed E-state index contributed by atoms with van der Waals surface area (Å²) in [6.07, 6.45) is 7.43. The number of piperazine rings is 4. The number of hydrogen-bond donors (Lipinski definition) is 4. The summed E-state index contributed by atoms with van der Waals surface area (Å²) >= 11 is 0. The molecule has 8 amide bonds. The second kappa shape index (κ2) is 40.9. The number of hydrogen-bond acceptors (Lipinski definition) is 20. The minimum atomic E-state index is -1.47. The molecule has 0 spiro atoms. The van der Waals surface area contributed by atoms with E-state index in [1.165, 1.54) is 69.3 Å². The van der Waals surface area contributed by atoms with Gasteiger partial charge in [-0.3, -0.25) is 38.4 Å². The average molecular weight is 1920 g/mol. The maximum atomic E-state index is 13.6. The van der Waals surface area contributed by atoms with Crippen LogP contribution < -0.4 is 0 Å². The van der Waals surface area contributed by atoms with E-state index < -0.39 is 45.9 Å². The van der Waals surface area contributed by atoms with E-state index in [0.29, 0.717) is 149 Å². The van der Waals surface area contributed by atoms with Gasteiger partial charge in [-0.1, -0.05) is 75.2 Å². The van der Waals surface area contributed by atoms with Gasteiger partial charge in [0.25, 0.3) is 47.3 Å². The minimum absolute atomic E-state index is 0.123. The van der Waals surface area contributed by atoms with Gasteiger partial charge in [0.1, 0.15) is 70.0 Å². The molecule has 4 N–H and O–H groups in total. The van der Waals surface area contributed by atoms with Crippen LogP contribution in [0.3, 0.4) is 0 Å². The number of amides is 8. The highest BCUT2D eigenvalue weighted by Gasteiger charge is 2.46. The molecule has 0 bridgehead atoms. The molecule has 1 saturated carbocycles. The molecule has 742 valence electrons. The van der Waals surface area contributed by atoms with Gasteiger partial charge < -0.3 is 59.6 Å². The molecule has 1 unspecified atom stereocenters. The third-order valence-electron chi connectivity index (χ3n) is 26.4. The molecule has 12 heterocycles. The minimum Gasteiger partial charge on any atom is -0.384 e. The summed E-state index contributed by atoms with van der Waals surface area (Å²) in [6.45, 7) is 39.4. The molecule has 36 heteroatoms. The first-order chi connectivity index (χ1) is 65.9. The van der Waals surface area contributed by atoms with Crippen LogP contribution in [0.5, 0.6) is 0 Å². The van der Waals surface area contributed by atoms with Gasteiger partial charge in [0.05, 0.1) is 64.2 Å². The first kappa shape index (κ1) is 103. The number of carbonyl (C=O) groups excluding carboxylic acids is 8. The molecule has 17 rings (SSSR count). The smallest absolute Gasteiger partial charge is 0.274 e. The Labute approximate surface area is 811 Å². The number of aromatic nitrogens is 12. The third-order valence-corrected chi connectivity index (χ3v) is 26.4. The molecule has 4 aliphatic heterocycles. The number of aryl methyl sites for hydroxylation is 2. The Morgan fingerprint density at radius 2 is 0.729 bits per heavy atom. The van der Waals surface area contributed by atoms with Crippen LogP contribution in [0, 0.1) is 34.6 Å². The van der Waals surface area contributed by atoms with Crippen LogP contribution in [0.4, 0.5) is 17.6 Å². The van der Waals surface area contributed by atoms with Crippen molar-refractivity contribution in [1.29, 1.82) is 0 Å². The van der Waals surface area contributed by atoms with Crippen molar-refractivity contribution in [2.24, 2.45) is 11.3 Å². The number of aliphatic hydroxyl groups is 4. The lowest BCUT2D eigenvalue weighted by Crippen LogP contribution is -2.64. The summed E-state index contributed by atoms with van der Waals surface area (Å²) in [5.74, 6) is -2.74. The van der Waals surface area contributed by atoms with Crippen molar-refractivity contribution < 1.29 is 76.3 Å². The molecular weight excluding hydrogens is 1800 g/mol. The molecule has 4 atom stereocenters. The van der Waals surface area contributed by atoms with Crippen molar-refractivity contribution in [3.05, 3.63) is 214 Å². The SMILES string of the molecule is CC(C)c1cc(-c2ccc(F)cc2)nn2cc(C(=O)N3CCN(C(=O)C(C)(C)O)CC3(C)C)nc12.CC(O)C(=O)N1CCN(C(=O)c2cn3nc(-c4ccc(F)cc4)cc(C(C)C)c3n2)C(C)(C)C1.CCc1cc(-c2ccc(F)cc2)nn2cc(C(=O)N3CCN(C(=O)[C@H](O)C(C)(C)C)[C@@H](C)C3)nc12.CCc1cc(-c2ccc(F)cc2)nn2cc(C(=O)N3CCN(C(=O)[C@H](O)CC4CC4)CC3(C)C)nc12. The zero-order chi connectivity index (χ0) is 102. The summed E-state index contributed by atoms with van der Waals surface area (Å²) in [6, 6.07) is 32.0. The Balaban J connectivity index is 0.000000149. The summed E-state index contributed by atoms with van der Waals surface area (Å²) in [5.41, 5.74) is 9.08. The molecule has 5 fully saturated rings. The quantitative estimate of drug-likeness (QED) is 0.0580.